The molecule has 1 fully saturated rings. The van der Waals surface area contributed by atoms with Crippen molar-refractivity contribution < 1.29 is 14.7 Å². The monoisotopic (exact) mass is 299 g/mol. The number of carbonyl (C=O) groups excluding carboxylic acids is 1. The van der Waals surface area contributed by atoms with Crippen LogP contribution in [0.4, 0.5) is 4.79 Å². The molecule has 1 saturated heterocycles. The summed E-state index contributed by atoms with van der Waals surface area (Å²) in [5.74, 6) is -0.163. The summed E-state index contributed by atoms with van der Waals surface area (Å²) < 4.78 is 0. The second kappa shape index (κ2) is 10.4. The van der Waals surface area contributed by atoms with Crippen LogP contribution in [0.1, 0.15) is 45.4 Å². The minimum atomic E-state index is -0.755. The molecule has 0 atom stereocenters. The van der Waals surface area contributed by atoms with Crippen molar-refractivity contribution in [1.82, 2.24) is 15.5 Å². The molecule has 0 saturated carbocycles. The number of nitrogens with one attached hydrogen (secondary N) is 2. The average molecular weight is 299 g/mol. The van der Waals surface area contributed by atoms with Gasteiger partial charge in [0.2, 0.25) is 0 Å². The van der Waals surface area contributed by atoms with Crippen LogP contribution in [-0.2, 0) is 4.79 Å². The number of piperidine rings is 1. The zero-order valence-electron chi connectivity index (χ0n) is 13.1. The van der Waals surface area contributed by atoms with Crippen molar-refractivity contribution in [3.63, 3.8) is 0 Å². The highest BCUT2D eigenvalue weighted by atomic mass is 16.4. The number of nitrogens with zero attached hydrogens (tertiary/aromatic N) is 1. The molecule has 1 rings (SSSR count). The SMILES string of the molecule is CCN1CCC(CNC(=O)NCCCCCC(=O)O)CC1. The summed E-state index contributed by atoms with van der Waals surface area (Å²) in [7, 11) is 0. The lowest BCUT2D eigenvalue weighted by Crippen LogP contribution is -2.42. The number of aliphatic carboxylic acids is 1. The van der Waals surface area contributed by atoms with E-state index in [0.717, 1.165) is 51.9 Å². The third-order valence-corrected chi connectivity index (χ3v) is 4.06. The van der Waals surface area contributed by atoms with E-state index in [0.29, 0.717) is 18.9 Å². The maximum absolute atomic E-state index is 11.6. The van der Waals surface area contributed by atoms with Gasteiger partial charge in [-0.25, -0.2) is 4.79 Å². The minimum Gasteiger partial charge on any atom is -0.481 e. The van der Waals surface area contributed by atoms with Gasteiger partial charge in [0.15, 0.2) is 0 Å². The van der Waals surface area contributed by atoms with Crippen LogP contribution in [0.25, 0.3) is 0 Å². The quantitative estimate of drug-likeness (QED) is 0.566. The molecule has 0 aromatic carbocycles. The predicted octanol–water partition coefficient (Wildman–Crippen LogP) is 1.66. The summed E-state index contributed by atoms with van der Waals surface area (Å²) in [6, 6.07) is -0.105. The molecule has 0 aromatic heterocycles. The van der Waals surface area contributed by atoms with Crippen molar-refractivity contribution in [3.05, 3.63) is 0 Å². The van der Waals surface area contributed by atoms with Gasteiger partial charge in [-0.15, -0.1) is 0 Å². The summed E-state index contributed by atoms with van der Waals surface area (Å²) in [4.78, 5) is 24.4. The number of hydrogen-bond acceptors (Lipinski definition) is 3. The van der Waals surface area contributed by atoms with Crippen LogP contribution < -0.4 is 10.6 Å². The third kappa shape index (κ3) is 8.55. The van der Waals surface area contributed by atoms with Gasteiger partial charge in [0.05, 0.1) is 0 Å². The van der Waals surface area contributed by atoms with E-state index in [4.69, 9.17) is 5.11 Å². The van der Waals surface area contributed by atoms with Crippen molar-refractivity contribution in [2.75, 3.05) is 32.7 Å². The summed E-state index contributed by atoms with van der Waals surface area (Å²) in [6.07, 6.45) is 4.86. The summed E-state index contributed by atoms with van der Waals surface area (Å²) in [5, 5.41) is 14.3. The first-order chi connectivity index (χ1) is 10.1. The van der Waals surface area contributed by atoms with Crippen LogP contribution in [0.2, 0.25) is 0 Å². The summed E-state index contributed by atoms with van der Waals surface area (Å²) in [6.45, 7) is 6.93. The van der Waals surface area contributed by atoms with E-state index in [1.54, 1.807) is 0 Å². The van der Waals surface area contributed by atoms with Gasteiger partial charge in [0, 0.05) is 19.5 Å². The topological polar surface area (TPSA) is 81.7 Å². The first-order valence-corrected chi connectivity index (χ1v) is 8.07. The fourth-order valence-corrected chi connectivity index (χ4v) is 2.59. The lowest BCUT2D eigenvalue weighted by atomic mass is 9.97. The molecule has 0 radical (unpaired) electrons. The molecule has 1 aliphatic heterocycles. The zero-order chi connectivity index (χ0) is 15.5. The average Bonchev–Trinajstić information content (AvgIpc) is 2.49. The summed E-state index contributed by atoms with van der Waals surface area (Å²) in [5.41, 5.74) is 0. The van der Waals surface area contributed by atoms with Gasteiger partial charge in [-0.05, 0) is 51.2 Å². The van der Waals surface area contributed by atoms with Gasteiger partial charge in [0.1, 0.15) is 0 Å². The summed E-state index contributed by atoms with van der Waals surface area (Å²) >= 11 is 0. The lowest BCUT2D eigenvalue weighted by Gasteiger charge is -2.31. The molecule has 6 heteroatoms. The predicted molar refractivity (Wildman–Crippen MR) is 82.3 cm³/mol. The van der Waals surface area contributed by atoms with Gasteiger partial charge in [-0.3, -0.25) is 4.79 Å². The molecule has 21 heavy (non-hydrogen) atoms. The van der Waals surface area contributed by atoms with E-state index >= 15 is 0 Å². The minimum absolute atomic E-state index is 0.105. The van der Waals surface area contributed by atoms with Gasteiger partial charge >= 0.3 is 12.0 Å². The Morgan fingerprint density at radius 3 is 2.48 bits per heavy atom. The maximum Gasteiger partial charge on any atom is 0.314 e. The Hall–Kier alpha value is -1.30. The van der Waals surface area contributed by atoms with E-state index in [9.17, 15) is 9.59 Å². The van der Waals surface area contributed by atoms with E-state index in [1.165, 1.54) is 0 Å². The lowest BCUT2D eigenvalue weighted by molar-refractivity contribution is -0.137. The van der Waals surface area contributed by atoms with E-state index < -0.39 is 5.97 Å². The Labute approximate surface area is 127 Å². The number of unbranched alkanes of at least 4 members (excludes halogenated alkanes) is 2. The van der Waals surface area contributed by atoms with E-state index in [1.807, 2.05) is 0 Å². The molecule has 2 amide bonds. The molecule has 122 valence electrons. The molecule has 1 aliphatic rings. The van der Waals surface area contributed by atoms with Gasteiger partial charge < -0.3 is 20.6 Å². The Morgan fingerprint density at radius 2 is 1.86 bits per heavy atom. The van der Waals surface area contributed by atoms with Crippen molar-refractivity contribution in [1.29, 1.82) is 0 Å². The van der Waals surface area contributed by atoms with Crippen molar-refractivity contribution >= 4 is 12.0 Å². The molecule has 0 spiro atoms. The number of hydrogen-bond donors (Lipinski definition) is 3. The van der Waals surface area contributed by atoms with E-state index in [2.05, 4.69) is 22.5 Å². The highest BCUT2D eigenvalue weighted by Gasteiger charge is 2.18. The molecule has 0 unspecified atom stereocenters. The first-order valence-electron chi connectivity index (χ1n) is 8.07. The highest BCUT2D eigenvalue weighted by molar-refractivity contribution is 5.73. The Morgan fingerprint density at radius 1 is 1.14 bits per heavy atom. The molecule has 6 nitrogen and oxygen atoms in total. The van der Waals surface area contributed by atoms with Crippen LogP contribution in [0.3, 0.4) is 0 Å². The maximum atomic E-state index is 11.6. The molecule has 0 aliphatic carbocycles. The number of carboxylic acids is 1. The number of rotatable bonds is 9. The van der Waals surface area contributed by atoms with Crippen LogP contribution in [0.5, 0.6) is 0 Å². The number of amides is 2. The normalized spacial score (nSPS) is 16.6. The van der Waals surface area contributed by atoms with Crippen molar-refractivity contribution in [2.24, 2.45) is 5.92 Å². The number of urea groups is 1. The van der Waals surface area contributed by atoms with Crippen molar-refractivity contribution in [3.8, 4) is 0 Å². The van der Waals surface area contributed by atoms with Gasteiger partial charge in [-0.1, -0.05) is 13.3 Å². The molecule has 3 N–H and O–H groups in total. The highest BCUT2D eigenvalue weighted by Crippen LogP contribution is 2.15. The Bertz CT molecular complexity index is 315. The van der Waals surface area contributed by atoms with Crippen LogP contribution in [-0.4, -0.2) is 54.7 Å². The Kier molecular flexibility index (Phi) is 8.82. The first kappa shape index (κ1) is 17.8. The molecular weight excluding hydrogens is 270 g/mol. The zero-order valence-corrected chi connectivity index (χ0v) is 13.1. The standard InChI is InChI=1S/C15H29N3O3/c1-2-18-10-7-13(8-11-18)12-17-15(21)16-9-5-3-4-6-14(19)20/h13H,2-12H2,1H3,(H,19,20)(H2,16,17,21). The number of carboxylic acid groups (broad SMARTS) is 1. The Balaban J connectivity index is 1.95. The van der Waals surface area contributed by atoms with Gasteiger partial charge in [-0.2, -0.15) is 0 Å². The fourth-order valence-electron chi connectivity index (χ4n) is 2.59. The third-order valence-electron chi connectivity index (χ3n) is 4.06. The van der Waals surface area contributed by atoms with Crippen molar-refractivity contribution in [2.45, 2.75) is 45.4 Å². The molecule has 0 aromatic rings. The smallest absolute Gasteiger partial charge is 0.314 e. The van der Waals surface area contributed by atoms with Crippen LogP contribution >= 0.6 is 0 Å². The second-order valence-electron chi connectivity index (χ2n) is 5.72. The second-order valence-corrected chi connectivity index (χ2v) is 5.72. The van der Waals surface area contributed by atoms with Gasteiger partial charge in [0.25, 0.3) is 0 Å². The molecule has 1 heterocycles. The largest absolute Gasteiger partial charge is 0.481 e. The van der Waals surface area contributed by atoms with Crippen LogP contribution in [0, 0.1) is 5.92 Å². The number of likely N-dealkylation sites (tertiary alicyclic amines) is 1. The molecule has 0 bridgehead atoms. The number of carbonyl (C=O) groups is 2. The van der Waals surface area contributed by atoms with Crippen LogP contribution in [0.15, 0.2) is 0 Å². The fraction of sp³-hybridized carbons (Fsp3) is 0.867. The van der Waals surface area contributed by atoms with E-state index in [-0.39, 0.29) is 12.5 Å². The molecular formula is C15H29N3O3.